The van der Waals surface area contributed by atoms with E-state index < -0.39 is 0 Å². The van der Waals surface area contributed by atoms with Crippen molar-refractivity contribution in [1.82, 2.24) is 15.1 Å². The lowest BCUT2D eigenvalue weighted by molar-refractivity contribution is -0.133. The summed E-state index contributed by atoms with van der Waals surface area (Å²) in [6, 6.07) is 17.2. The van der Waals surface area contributed by atoms with Crippen molar-refractivity contribution in [3.8, 4) is 17.0 Å². The molecule has 0 atom stereocenters. The number of nitrogens with one attached hydrogen (secondary N) is 1. The Balaban J connectivity index is 1.26. The molecule has 0 unspecified atom stereocenters. The molecule has 3 aromatic rings. The van der Waals surface area contributed by atoms with Gasteiger partial charge in [-0.3, -0.25) is 9.59 Å². The number of rotatable bonds is 6. The third-order valence-corrected chi connectivity index (χ3v) is 5.95. The van der Waals surface area contributed by atoms with Crippen LogP contribution in [-0.2, 0) is 9.59 Å². The highest BCUT2D eigenvalue weighted by Crippen LogP contribution is 2.22. The van der Waals surface area contributed by atoms with Gasteiger partial charge in [-0.25, -0.2) is 0 Å². The number of aryl methyl sites for hydroxylation is 2. The SMILES string of the molecule is CC(=O)Nc1ccc(OCC(=O)N2CCN(c3ccc(-c4ccc(C)c(C)c4)nn3)CC2)cc1. The summed E-state index contributed by atoms with van der Waals surface area (Å²) in [6.45, 7) is 8.20. The summed E-state index contributed by atoms with van der Waals surface area (Å²) in [5.74, 6) is 1.21. The van der Waals surface area contributed by atoms with Gasteiger partial charge in [-0.2, -0.15) is 0 Å². The zero-order chi connectivity index (χ0) is 24.1. The number of nitrogens with zero attached hydrogens (tertiary/aromatic N) is 4. The van der Waals surface area contributed by atoms with E-state index in [1.165, 1.54) is 18.1 Å². The largest absolute Gasteiger partial charge is 0.484 e. The summed E-state index contributed by atoms with van der Waals surface area (Å²) in [5.41, 5.74) is 5.08. The fourth-order valence-corrected chi connectivity index (χ4v) is 3.81. The molecule has 2 amide bonds. The summed E-state index contributed by atoms with van der Waals surface area (Å²) >= 11 is 0. The van der Waals surface area contributed by atoms with Crippen LogP contribution in [0.2, 0.25) is 0 Å². The molecule has 0 aliphatic carbocycles. The molecule has 4 rings (SSSR count). The van der Waals surface area contributed by atoms with Gasteiger partial charge in [-0.1, -0.05) is 12.1 Å². The van der Waals surface area contributed by atoms with E-state index in [0.717, 1.165) is 17.1 Å². The van der Waals surface area contributed by atoms with Crippen LogP contribution < -0.4 is 15.0 Å². The molecule has 1 aromatic heterocycles. The number of anilines is 2. The van der Waals surface area contributed by atoms with E-state index in [4.69, 9.17) is 4.74 Å². The average Bonchev–Trinajstić information content (AvgIpc) is 2.85. The van der Waals surface area contributed by atoms with Gasteiger partial charge >= 0.3 is 0 Å². The van der Waals surface area contributed by atoms with Crippen molar-refractivity contribution in [2.24, 2.45) is 0 Å². The highest BCUT2D eigenvalue weighted by atomic mass is 16.5. The highest BCUT2D eigenvalue weighted by Gasteiger charge is 2.22. The Bertz CT molecular complexity index is 1150. The fraction of sp³-hybridized carbons (Fsp3) is 0.308. The number of ether oxygens (including phenoxy) is 1. The zero-order valence-electron chi connectivity index (χ0n) is 19.7. The summed E-state index contributed by atoms with van der Waals surface area (Å²) in [6.07, 6.45) is 0. The number of carbonyl (C=O) groups excluding carboxylic acids is 2. The van der Waals surface area contributed by atoms with Crippen molar-refractivity contribution in [2.75, 3.05) is 43.0 Å². The van der Waals surface area contributed by atoms with Gasteiger partial charge in [-0.05, 0) is 67.4 Å². The maximum Gasteiger partial charge on any atom is 0.260 e. The normalized spacial score (nSPS) is 13.5. The van der Waals surface area contributed by atoms with Gasteiger partial charge in [-0.15, -0.1) is 10.2 Å². The van der Waals surface area contributed by atoms with Gasteiger partial charge in [0.15, 0.2) is 12.4 Å². The van der Waals surface area contributed by atoms with Crippen LogP contribution in [0.25, 0.3) is 11.3 Å². The van der Waals surface area contributed by atoms with Crippen molar-refractivity contribution in [3.63, 3.8) is 0 Å². The number of carbonyl (C=O) groups is 2. The standard InChI is InChI=1S/C26H29N5O3/c1-18-4-5-21(16-19(18)2)24-10-11-25(29-28-24)30-12-14-31(15-13-30)26(33)17-34-23-8-6-22(7-9-23)27-20(3)32/h4-11,16H,12-15,17H2,1-3H3,(H,27,32). The fourth-order valence-electron chi connectivity index (χ4n) is 3.81. The van der Waals surface area contributed by atoms with Gasteiger partial charge in [0, 0.05) is 44.4 Å². The molecule has 0 spiro atoms. The maximum atomic E-state index is 12.6. The molecule has 0 saturated carbocycles. The number of benzene rings is 2. The third-order valence-electron chi connectivity index (χ3n) is 5.95. The summed E-state index contributed by atoms with van der Waals surface area (Å²) in [5, 5.41) is 11.5. The lowest BCUT2D eigenvalue weighted by atomic mass is 10.0. The predicted molar refractivity (Wildman–Crippen MR) is 132 cm³/mol. The second kappa shape index (κ2) is 10.3. The Labute approximate surface area is 199 Å². The van der Waals surface area contributed by atoms with Crippen molar-refractivity contribution < 1.29 is 14.3 Å². The Morgan fingerprint density at radius 1 is 0.912 bits per heavy atom. The van der Waals surface area contributed by atoms with Crippen LogP contribution in [0.1, 0.15) is 18.1 Å². The maximum absolute atomic E-state index is 12.6. The molecule has 2 heterocycles. The zero-order valence-corrected chi connectivity index (χ0v) is 19.7. The lowest BCUT2D eigenvalue weighted by Gasteiger charge is -2.35. The minimum atomic E-state index is -0.133. The van der Waals surface area contributed by atoms with E-state index in [-0.39, 0.29) is 18.4 Å². The molecule has 1 aliphatic rings. The van der Waals surface area contributed by atoms with Crippen LogP contribution in [-0.4, -0.2) is 59.7 Å². The molecule has 1 fully saturated rings. The smallest absolute Gasteiger partial charge is 0.260 e. The summed E-state index contributed by atoms with van der Waals surface area (Å²) in [4.78, 5) is 27.6. The van der Waals surface area contributed by atoms with E-state index in [1.54, 1.807) is 29.2 Å². The van der Waals surface area contributed by atoms with E-state index in [1.807, 2.05) is 12.1 Å². The number of aromatic nitrogens is 2. The van der Waals surface area contributed by atoms with Crippen molar-refractivity contribution in [1.29, 1.82) is 0 Å². The van der Waals surface area contributed by atoms with Crippen molar-refractivity contribution in [3.05, 3.63) is 65.7 Å². The van der Waals surface area contributed by atoms with E-state index in [0.29, 0.717) is 37.6 Å². The Morgan fingerprint density at radius 3 is 2.26 bits per heavy atom. The quantitative estimate of drug-likeness (QED) is 0.608. The van der Waals surface area contributed by atoms with Gasteiger partial charge < -0.3 is 19.9 Å². The molecule has 0 bridgehead atoms. The second-order valence-electron chi connectivity index (χ2n) is 8.44. The van der Waals surface area contributed by atoms with Crippen LogP contribution in [0.5, 0.6) is 5.75 Å². The molecule has 2 aromatic carbocycles. The van der Waals surface area contributed by atoms with Crippen LogP contribution in [0, 0.1) is 13.8 Å². The van der Waals surface area contributed by atoms with Crippen molar-refractivity contribution in [2.45, 2.75) is 20.8 Å². The number of amides is 2. The van der Waals surface area contributed by atoms with Gasteiger partial charge in [0.25, 0.3) is 5.91 Å². The summed E-state index contributed by atoms with van der Waals surface area (Å²) in [7, 11) is 0. The lowest BCUT2D eigenvalue weighted by Crippen LogP contribution is -2.50. The molecule has 1 aliphatic heterocycles. The minimum Gasteiger partial charge on any atom is -0.484 e. The molecule has 34 heavy (non-hydrogen) atoms. The van der Waals surface area contributed by atoms with Gasteiger partial charge in [0.2, 0.25) is 5.91 Å². The Hall–Kier alpha value is -3.94. The number of hydrogen-bond acceptors (Lipinski definition) is 6. The molecule has 1 saturated heterocycles. The first kappa shape index (κ1) is 23.2. The van der Waals surface area contributed by atoms with Crippen LogP contribution in [0.15, 0.2) is 54.6 Å². The van der Waals surface area contributed by atoms with Gasteiger partial charge in [0.05, 0.1) is 5.69 Å². The van der Waals surface area contributed by atoms with E-state index in [9.17, 15) is 9.59 Å². The topological polar surface area (TPSA) is 87.7 Å². The first-order chi connectivity index (χ1) is 16.4. The van der Waals surface area contributed by atoms with Crippen LogP contribution in [0.4, 0.5) is 11.5 Å². The van der Waals surface area contributed by atoms with Crippen molar-refractivity contribution >= 4 is 23.3 Å². The number of hydrogen-bond donors (Lipinski definition) is 1. The minimum absolute atomic E-state index is 0.0239. The molecular formula is C26H29N5O3. The second-order valence-corrected chi connectivity index (χ2v) is 8.44. The molecule has 1 N–H and O–H groups in total. The first-order valence-corrected chi connectivity index (χ1v) is 11.3. The molecule has 8 nitrogen and oxygen atoms in total. The van der Waals surface area contributed by atoms with E-state index in [2.05, 4.69) is 52.5 Å². The molecule has 8 heteroatoms. The third kappa shape index (κ3) is 5.70. The van der Waals surface area contributed by atoms with E-state index >= 15 is 0 Å². The molecule has 0 radical (unpaired) electrons. The predicted octanol–water partition coefficient (Wildman–Crippen LogP) is 3.45. The van der Waals surface area contributed by atoms with Gasteiger partial charge in [0.1, 0.15) is 5.75 Å². The highest BCUT2D eigenvalue weighted by molar-refractivity contribution is 5.88. The first-order valence-electron chi connectivity index (χ1n) is 11.3. The Morgan fingerprint density at radius 2 is 1.65 bits per heavy atom. The number of piperazine rings is 1. The molecular weight excluding hydrogens is 430 g/mol. The monoisotopic (exact) mass is 459 g/mol. The average molecular weight is 460 g/mol. The van der Waals surface area contributed by atoms with Crippen LogP contribution in [0.3, 0.4) is 0 Å². The summed E-state index contributed by atoms with van der Waals surface area (Å²) < 4.78 is 5.62. The Kier molecular flexibility index (Phi) is 7.06. The molecule has 176 valence electrons. The van der Waals surface area contributed by atoms with Crippen LogP contribution >= 0.6 is 0 Å².